The Morgan fingerprint density at radius 1 is 1.30 bits per heavy atom. The van der Waals surface area contributed by atoms with Crippen LogP contribution in [0.5, 0.6) is 0 Å². The molecule has 1 aromatic heterocycles. The summed E-state index contributed by atoms with van der Waals surface area (Å²) in [6.45, 7) is 0.667. The molecule has 0 aliphatic carbocycles. The molecule has 0 saturated carbocycles. The van der Waals surface area contributed by atoms with Crippen LogP contribution < -0.4 is 10.2 Å². The van der Waals surface area contributed by atoms with E-state index in [9.17, 15) is 14.4 Å². The van der Waals surface area contributed by atoms with E-state index in [-0.39, 0.29) is 24.1 Å². The Balaban J connectivity index is 1.38. The first-order chi connectivity index (χ1) is 14.5. The van der Waals surface area contributed by atoms with Gasteiger partial charge in [0.1, 0.15) is 6.04 Å². The van der Waals surface area contributed by atoms with Crippen molar-refractivity contribution < 1.29 is 14.4 Å². The van der Waals surface area contributed by atoms with Crippen LogP contribution in [0.3, 0.4) is 0 Å². The lowest BCUT2D eigenvalue weighted by atomic mass is 10.2. The van der Waals surface area contributed by atoms with E-state index in [1.165, 1.54) is 23.1 Å². The van der Waals surface area contributed by atoms with Crippen LogP contribution >= 0.6 is 23.1 Å². The maximum Gasteiger partial charge on any atom is 0.248 e. The number of nitriles is 1. The van der Waals surface area contributed by atoms with Crippen molar-refractivity contribution in [1.29, 1.82) is 5.26 Å². The highest BCUT2D eigenvalue weighted by atomic mass is 32.2. The van der Waals surface area contributed by atoms with E-state index in [1.54, 1.807) is 39.4 Å². The molecule has 0 spiro atoms. The lowest BCUT2D eigenvalue weighted by Gasteiger charge is -2.23. The second-order valence-electron chi connectivity index (χ2n) is 7.00. The summed E-state index contributed by atoms with van der Waals surface area (Å²) in [6.07, 6.45) is 1.46. The maximum absolute atomic E-state index is 12.8. The first-order valence-electron chi connectivity index (χ1n) is 9.48. The van der Waals surface area contributed by atoms with Crippen molar-refractivity contribution in [3.8, 4) is 6.07 Å². The van der Waals surface area contributed by atoms with Crippen molar-refractivity contribution >= 4 is 51.6 Å². The van der Waals surface area contributed by atoms with Gasteiger partial charge < -0.3 is 10.2 Å². The number of aromatic nitrogens is 1. The molecule has 10 heteroatoms. The molecule has 0 radical (unpaired) electrons. The Bertz CT molecular complexity index is 1010. The number of amides is 3. The number of thiazole rings is 1. The highest BCUT2D eigenvalue weighted by Crippen LogP contribution is 2.27. The molecule has 1 aromatic carbocycles. The molecule has 1 N–H and O–H groups in total. The zero-order chi connectivity index (χ0) is 21.1. The number of nitrogens with zero attached hydrogens (tertiary/aromatic N) is 4. The summed E-state index contributed by atoms with van der Waals surface area (Å²) in [6, 6.07) is 8.07. The van der Waals surface area contributed by atoms with Crippen LogP contribution in [0, 0.1) is 11.3 Å². The number of anilines is 2. The van der Waals surface area contributed by atoms with E-state index in [2.05, 4.69) is 10.3 Å². The molecular weight excluding hydrogens is 422 g/mol. The van der Waals surface area contributed by atoms with Crippen molar-refractivity contribution in [2.45, 2.75) is 25.3 Å². The highest BCUT2D eigenvalue weighted by Gasteiger charge is 2.35. The lowest BCUT2D eigenvalue weighted by Crippen LogP contribution is -2.45. The quantitative estimate of drug-likeness (QED) is 0.763. The van der Waals surface area contributed by atoms with Crippen LogP contribution in [0.25, 0.3) is 0 Å². The van der Waals surface area contributed by atoms with Crippen LogP contribution in [-0.2, 0) is 20.8 Å². The second-order valence-corrected chi connectivity index (χ2v) is 8.84. The van der Waals surface area contributed by atoms with Crippen molar-refractivity contribution in [2.75, 3.05) is 28.4 Å². The van der Waals surface area contributed by atoms with E-state index in [4.69, 9.17) is 5.26 Å². The van der Waals surface area contributed by atoms with Gasteiger partial charge in [-0.15, -0.1) is 23.1 Å². The number of carbonyl (C=O) groups excluding carboxylic acids is 3. The largest absolute Gasteiger partial charge is 0.324 e. The third-order valence-corrected chi connectivity index (χ3v) is 6.89. The Morgan fingerprint density at radius 3 is 2.80 bits per heavy atom. The Kier molecular flexibility index (Phi) is 6.01. The second kappa shape index (κ2) is 8.85. The molecule has 2 aliphatic rings. The third kappa shape index (κ3) is 4.32. The Labute approximate surface area is 181 Å². The highest BCUT2D eigenvalue weighted by molar-refractivity contribution is 7.99. The van der Waals surface area contributed by atoms with Crippen LogP contribution in [-0.4, -0.2) is 51.8 Å². The van der Waals surface area contributed by atoms with Crippen LogP contribution in [0.4, 0.5) is 10.8 Å². The van der Waals surface area contributed by atoms with Crippen molar-refractivity contribution in [3.63, 3.8) is 0 Å². The summed E-state index contributed by atoms with van der Waals surface area (Å²) < 4.78 is 0. The fraction of sp³-hybridized carbons (Fsp3) is 0.350. The number of thioether (sulfide) groups is 1. The summed E-state index contributed by atoms with van der Waals surface area (Å²) >= 11 is 2.89. The minimum absolute atomic E-state index is 0.0673. The van der Waals surface area contributed by atoms with Gasteiger partial charge in [-0.1, -0.05) is 0 Å². The van der Waals surface area contributed by atoms with E-state index >= 15 is 0 Å². The summed E-state index contributed by atoms with van der Waals surface area (Å²) in [7, 11) is 0. The van der Waals surface area contributed by atoms with Crippen molar-refractivity contribution in [3.05, 3.63) is 40.9 Å². The summed E-state index contributed by atoms with van der Waals surface area (Å²) in [5, 5.41) is 14.1. The molecule has 3 heterocycles. The van der Waals surface area contributed by atoms with Gasteiger partial charge in [0.2, 0.25) is 17.7 Å². The SMILES string of the molecule is N#Cc1ccc(NC(=O)C2CSCN2C(=O)Cc2csc(N3CCCC3=O)n2)cc1. The van der Waals surface area contributed by atoms with Crippen molar-refractivity contribution in [1.82, 2.24) is 9.88 Å². The average Bonchev–Trinajstić information content (AvgIpc) is 3.49. The molecule has 30 heavy (non-hydrogen) atoms. The predicted molar refractivity (Wildman–Crippen MR) is 115 cm³/mol. The minimum atomic E-state index is -0.559. The van der Waals surface area contributed by atoms with Crippen LogP contribution in [0.15, 0.2) is 29.6 Å². The fourth-order valence-electron chi connectivity index (χ4n) is 3.37. The standard InChI is InChI=1S/C20H19N5O3S2/c21-9-13-3-5-14(6-4-13)22-19(28)16-11-29-12-25(16)18(27)8-15-10-30-20(23-15)24-7-1-2-17(24)26/h3-6,10,16H,1-2,7-8,11-12H2,(H,22,28). The minimum Gasteiger partial charge on any atom is -0.324 e. The molecule has 1 atom stereocenters. The average molecular weight is 442 g/mol. The number of nitrogens with one attached hydrogen (secondary N) is 1. The molecule has 4 rings (SSSR count). The predicted octanol–water partition coefficient (Wildman–Crippen LogP) is 2.22. The van der Waals surface area contributed by atoms with Gasteiger partial charge in [0, 0.05) is 29.8 Å². The molecule has 8 nitrogen and oxygen atoms in total. The van der Waals surface area contributed by atoms with Gasteiger partial charge in [0.25, 0.3) is 0 Å². The smallest absolute Gasteiger partial charge is 0.248 e. The molecule has 1 unspecified atom stereocenters. The van der Waals surface area contributed by atoms with Gasteiger partial charge in [-0.25, -0.2) is 4.98 Å². The van der Waals surface area contributed by atoms with Gasteiger partial charge >= 0.3 is 0 Å². The van der Waals surface area contributed by atoms with Crippen LogP contribution in [0.2, 0.25) is 0 Å². The molecule has 2 aromatic rings. The normalized spacial score (nSPS) is 18.5. The van der Waals surface area contributed by atoms with Gasteiger partial charge in [-0.3, -0.25) is 19.3 Å². The first-order valence-corrected chi connectivity index (χ1v) is 11.5. The fourth-order valence-corrected chi connectivity index (χ4v) is 5.42. The number of carbonyl (C=O) groups is 3. The monoisotopic (exact) mass is 441 g/mol. The maximum atomic E-state index is 12.8. The number of benzene rings is 1. The summed E-state index contributed by atoms with van der Waals surface area (Å²) in [5.41, 5.74) is 1.71. The number of hydrogen-bond donors (Lipinski definition) is 1. The van der Waals surface area contributed by atoms with Gasteiger partial charge in [0.15, 0.2) is 5.13 Å². The molecular formula is C20H19N5O3S2. The van der Waals surface area contributed by atoms with Gasteiger partial charge in [-0.05, 0) is 30.7 Å². The van der Waals surface area contributed by atoms with Gasteiger partial charge in [0.05, 0.1) is 29.6 Å². The lowest BCUT2D eigenvalue weighted by molar-refractivity contribution is -0.135. The zero-order valence-electron chi connectivity index (χ0n) is 16.0. The Hall–Kier alpha value is -2.90. The van der Waals surface area contributed by atoms with E-state index < -0.39 is 6.04 Å². The van der Waals surface area contributed by atoms with E-state index in [0.717, 1.165) is 6.42 Å². The third-order valence-electron chi connectivity index (χ3n) is 4.96. The van der Waals surface area contributed by atoms with Gasteiger partial charge in [-0.2, -0.15) is 5.26 Å². The van der Waals surface area contributed by atoms with E-state index in [1.807, 2.05) is 6.07 Å². The molecule has 2 aliphatic heterocycles. The number of hydrogen-bond acceptors (Lipinski definition) is 7. The molecule has 3 amide bonds. The van der Waals surface area contributed by atoms with Crippen LogP contribution in [0.1, 0.15) is 24.1 Å². The topological polar surface area (TPSA) is 106 Å². The first kappa shape index (κ1) is 20.4. The van der Waals surface area contributed by atoms with Crippen molar-refractivity contribution in [2.24, 2.45) is 0 Å². The Morgan fingerprint density at radius 2 is 2.10 bits per heavy atom. The summed E-state index contributed by atoms with van der Waals surface area (Å²) in [5.74, 6) is 0.631. The summed E-state index contributed by atoms with van der Waals surface area (Å²) in [4.78, 5) is 45.1. The molecule has 0 bridgehead atoms. The van der Waals surface area contributed by atoms with E-state index in [0.29, 0.717) is 46.7 Å². The molecule has 2 saturated heterocycles. The number of rotatable bonds is 5. The molecule has 2 fully saturated rings. The molecule has 154 valence electrons. The zero-order valence-corrected chi connectivity index (χ0v) is 17.7.